The molecule has 0 bridgehead atoms. The summed E-state index contributed by atoms with van der Waals surface area (Å²) in [7, 11) is 1.67. The summed E-state index contributed by atoms with van der Waals surface area (Å²) in [4.78, 5) is 11.0. The second-order valence-electron chi connectivity index (χ2n) is 3.02. The van der Waals surface area contributed by atoms with Crippen LogP contribution in [0.25, 0.3) is 0 Å². The third-order valence-corrected chi connectivity index (χ3v) is 2.87. The summed E-state index contributed by atoms with van der Waals surface area (Å²) >= 11 is 1.21. The SMILES string of the molecule is COCCCNCc1ccc([N+](=O)[O-])s1. The molecule has 0 aliphatic rings. The van der Waals surface area contributed by atoms with Crippen molar-refractivity contribution in [3.8, 4) is 0 Å². The molecular formula is C9H14N2O3S. The molecule has 1 heterocycles. The molecule has 0 atom stereocenters. The minimum atomic E-state index is -0.362. The maximum absolute atomic E-state index is 10.4. The Kier molecular flexibility index (Phi) is 5.23. The minimum absolute atomic E-state index is 0.198. The van der Waals surface area contributed by atoms with E-state index in [1.165, 1.54) is 17.4 Å². The van der Waals surface area contributed by atoms with Crippen LogP contribution in [-0.4, -0.2) is 25.2 Å². The van der Waals surface area contributed by atoms with Crippen molar-refractivity contribution in [1.82, 2.24) is 5.32 Å². The minimum Gasteiger partial charge on any atom is -0.385 e. The van der Waals surface area contributed by atoms with Crippen LogP contribution in [-0.2, 0) is 11.3 Å². The van der Waals surface area contributed by atoms with E-state index in [-0.39, 0.29) is 9.92 Å². The Balaban J connectivity index is 2.23. The van der Waals surface area contributed by atoms with E-state index in [1.54, 1.807) is 13.2 Å². The second-order valence-corrected chi connectivity index (χ2v) is 4.17. The van der Waals surface area contributed by atoms with Gasteiger partial charge in [0.05, 0.1) is 4.92 Å². The lowest BCUT2D eigenvalue weighted by molar-refractivity contribution is -0.380. The molecular weight excluding hydrogens is 216 g/mol. The van der Waals surface area contributed by atoms with Crippen LogP contribution in [0.3, 0.4) is 0 Å². The second kappa shape index (κ2) is 6.49. The number of rotatable bonds is 7. The van der Waals surface area contributed by atoms with Crippen molar-refractivity contribution in [3.63, 3.8) is 0 Å². The van der Waals surface area contributed by atoms with Gasteiger partial charge in [-0.25, -0.2) is 0 Å². The summed E-state index contributed by atoms with van der Waals surface area (Å²) in [6, 6.07) is 3.32. The highest BCUT2D eigenvalue weighted by atomic mass is 32.1. The molecule has 1 aromatic heterocycles. The Labute approximate surface area is 92.2 Å². The highest BCUT2D eigenvalue weighted by Gasteiger charge is 2.08. The van der Waals surface area contributed by atoms with Crippen molar-refractivity contribution >= 4 is 16.3 Å². The molecule has 0 unspecified atom stereocenters. The summed E-state index contributed by atoms with van der Waals surface area (Å²) in [6.07, 6.45) is 0.948. The van der Waals surface area contributed by atoms with Crippen LogP contribution >= 0.6 is 11.3 Å². The predicted octanol–water partition coefficient (Wildman–Crippen LogP) is 1.78. The van der Waals surface area contributed by atoms with Crippen LogP contribution in [0.2, 0.25) is 0 Å². The van der Waals surface area contributed by atoms with Gasteiger partial charge in [-0.15, -0.1) is 0 Å². The lowest BCUT2D eigenvalue weighted by Crippen LogP contribution is -2.15. The van der Waals surface area contributed by atoms with Crippen LogP contribution in [0.5, 0.6) is 0 Å². The average Bonchev–Trinajstić information content (AvgIpc) is 2.66. The fraction of sp³-hybridized carbons (Fsp3) is 0.556. The lowest BCUT2D eigenvalue weighted by atomic mass is 10.4. The highest BCUT2D eigenvalue weighted by Crippen LogP contribution is 2.23. The number of hydrogen-bond acceptors (Lipinski definition) is 5. The topological polar surface area (TPSA) is 64.4 Å². The van der Waals surface area contributed by atoms with Gasteiger partial charge in [-0.1, -0.05) is 11.3 Å². The van der Waals surface area contributed by atoms with Crippen molar-refractivity contribution in [1.29, 1.82) is 0 Å². The molecule has 0 aromatic carbocycles. The van der Waals surface area contributed by atoms with Crippen LogP contribution < -0.4 is 5.32 Å². The Morgan fingerprint density at radius 3 is 3.00 bits per heavy atom. The average molecular weight is 230 g/mol. The first-order valence-corrected chi connectivity index (χ1v) is 5.48. The maximum atomic E-state index is 10.4. The van der Waals surface area contributed by atoms with E-state index in [9.17, 15) is 10.1 Å². The molecule has 0 saturated carbocycles. The third kappa shape index (κ3) is 4.37. The van der Waals surface area contributed by atoms with Crippen molar-refractivity contribution in [2.24, 2.45) is 0 Å². The van der Waals surface area contributed by atoms with Gasteiger partial charge >= 0.3 is 5.00 Å². The summed E-state index contributed by atoms with van der Waals surface area (Å²) in [5.41, 5.74) is 0. The normalized spacial score (nSPS) is 10.5. The molecule has 1 rings (SSSR count). The largest absolute Gasteiger partial charge is 0.385 e. The molecule has 84 valence electrons. The number of nitrogens with zero attached hydrogens (tertiary/aromatic N) is 1. The first-order valence-electron chi connectivity index (χ1n) is 4.67. The first-order chi connectivity index (χ1) is 7.24. The number of thiophene rings is 1. The van der Waals surface area contributed by atoms with Gasteiger partial charge in [0, 0.05) is 31.2 Å². The molecule has 0 saturated heterocycles. The number of nitro groups is 1. The van der Waals surface area contributed by atoms with E-state index in [4.69, 9.17) is 4.74 Å². The molecule has 0 aliphatic heterocycles. The maximum Gasteiger partial charge on any atom is 0.324 e. The quantitative estimate of drug-likeness (QED) is 0.440. The predicted molar refractivity (Wildman–Crippen MR) is 59.2 cm³/mol. The fourth-order valence-corrected chi connectivity index (χ4v) is 1.90. The van der Waals surface area contributed by atoms with E-state index in [0.717, 1.165) is 24.4 Å². The Hall–Kier alpha value is -0.980. The Morgan fingerprint density at radius 2 is 2.40 bits per heavy atom. The van der Waals surface area contributed by atoms with Gasteiger partial charge in [0.25, 0.3) is 0 Å². The molecule has 0 radical (unpaired) electrons. The van der Waals surface area contributed by atoms with Crippen molar-refractivity contribution in [3.05, 3.63) is 27.1 Å². The summed E-state index contributed by atoms with van der Waals surface area (Å²) < 4.78 is 4.90. The van der Waals surface area contributed by atoms with Gasteiger partial charge in [-0.2, -0.15) is 0 Å². The molecule has 5 nitrogen and oxygen atoms in total. The fourth-order valence-electron chi connectivity index (χ4n) is 1.11. The molecule has 6 heteroatoms. The molecule has 0 fully saturated rings. The van der Waals surface area contributed by atoms with E-state index < -0.39 is 0 Å². The standard InChI is InChI=1S/C9H14N2O3S/c1-14-6-2-5-10-7-8-3-4-9(15-8)11(12)13/h3-4,10H,2,5-7H2,1H3. The number of nitrogens with one attached hydrogen (secondary N) is 1. The third-order valence-electron chi connectivity index (χ3n) is 1.83. The zero-order valence-electron chi connectivity index (χ0n) is 8.56. The van der Waals surface area contributed by atoms with Crippen molar-refractivity contribution < 1.29 is 9.66 Å². The highest BCUT2D eigenvalue weighted by molar-refractivity contribution is 7.15. The molecule has 0 amide bonds. The smallest absolute Gasteiger partial charge is 0.324 e. The van der Waals surface area contributed by atoms with Gasteiger partial charge in [0.2, 0.25) is 0 Å². The lowest BCUT2D eigenvalue weighted by Gasteiger charge is -2.01. The molecule has 0 aliphatic carbocycles. The Morgan fingerprint density at radius 1 is 1.60 bits per heavy atom. The van der Waals surface area contributed by atoms with E-state index in [1.807, 2.05) is 0 Å². The molecule has 1 N–H and O–H groups in total. The van der Waals surface area contributed by atoms with Crippen LogP contribution in [0.15, 0.2) is 12.1 Å². The van der Waals surface area contributed by atoms with Crippen LogP contribution in [0.1, 0.15) is 11.3 Å². The van der Waals surface area contributed by atoms with Crippen LogP contribution in [0.4, 0.5) is 5.00 Å². The van der Waals surface area contributed by atoms with Gasteiger partial charge in [0.15, 0.2) is 0 Å². The van der Waals surface area contributed by atoms with E-state index >= 15 is 0 Å². The summed E-state index contributed by atoms with van der Waals surface area (Å²) in [5, 5.41) is 13.8. The molecule has 15 heavy (non-hydrogen) atoms. The van der Waals surface area contributed by atoms with E-state index in [0.29, 0.717) is 6.54 Å². The summed E-state index contributed by atoms with van der Waals surface area (Å²) in [5.74, 6) is 0. The van der Waals surface area contributed by atoms with E-state index in [2.05, 4.69) is 5.32 Å². The number of hydrogen-bond donors (Lipinski definition) is 1. The first kappa shape index (κ1) is 12.1. The Bertz CT molecular complexity index is 314. The van der Waals surface area contributed by atoms with Crippen molar-refractivity contribution in [2.75, 3.05) is 20.3 Å². The zero-order chi connectivity index (χ0) is 11.1. The van der Waals surface area contributed by atoms with Crippen molar-refractivity contribution in [2.45, 2.75) is 13.0 Å². The molecule has 0 spiro atoms. The van der Waals surface area contributed by atoms with Gasteiger partial charge in [-0.3, -0.25) is 10.1 Å². The summed E-state index contributed by atoms with van der Waals surface area (Å²) in [6.45, 7) is 2.28. The number of methoxy groups -OCH3 is 1. The molecule has 1 aromatic rings. The van der Waals surface area contributed by atoms with Gasteiger partial charge < -0.3 is 10.1 Å². The van der Waals surface area contributed by atoms with Gasteiger partial charge in [-0.05, 0) is 19.0 Å². The monoisotopic (exact) mass is 230 g/mol. The van der Waals surface area contributed by atoms with Crippen LogP contribution in [0, 0.1) is 10.1 Å². The van der Waals surface area contributed by atoms with Gasteiger partial charge in [0.1, 0.15) is 0 Å². The number of ether oxygens (including phenoxy) is 1. The zero-order valence-corrected chi connectivity index (χ0v) is 9.38.